The van der Waals surface area contributed by atoms with Crippen molar-refractivity contribution >= 4 is 5.91 Å². The Kier molecular flexibility index (Phi) is 5.36. The normalized spacial score (nSPS) is 15.3. The molecule has 24 heavy (non-hydrogen) atoms. The van der Waals surface area contributed by atoms with Crippen molar-refractivity contribution in [3.63, 3.8) is 0 Å². The number of hydrogen-bond acceptors (Lipinski definition) is 4. The van der Waals surface area contributed by atoms with Crippen molar-refractivity contribution < 1.29 is 14.3 Å². The van der Waals surface area contributed by atoms with E-state index in [0.717, 1.165) is 32.5 Å². The number of nitrogens with zero attached hydrogens (tertiary/aromatic N) is 3. The van der Waals surface area contributed by atoms with Crippen LogP contribution in [0.25, 0.3) is 0 Å². The van der Waals surface area contributed by atoms with Gasteiger partial charge >= 0.3 is 0 Å². The molecule has 2 heterocycles. The van der Waals surface area contributed by atoms with Crippen LogP contribution in [0.1, 0.15) is 12.8 Å². The van der Waals surface area contributed by atoms with Gasteiger partial charge in [-0.05, 0) is 37.0 Å². The molecule has 128 valence electrons. The summed E-state index contributed by atoms with van der Waals surface area (Å²) >= 11 is 0. The Morgan fingerprint density at radius 3 is 2.62 bits per heavy atom. The fraction of sp³-hybridized carbons (Fsp3) is 0.444. The molecule has 1 aliphatic rings. The lowest BCUT2D eigenvalue weighted by Crippen LogP contribution is -2.41. The van der Waals surface area contributed by atoms with Crippen molar-refractivity contribution in [3.05, 3.63) is 42.7 Å². The van der Waals surface area contributed by atoms with E-state index < -0.39 is 0 Å². The highest BCUT2D eigenvalue weighted by Gasteiger charge is 2.23. The molecule has 0 spiro atoms. The predicted octanol–water partition coefficient (Wildman–Crippen LogP) is 2.21. The number of likely N-dealkylation sites (tertiary alicyclic amines) is 1. The van der Waals surface area contributed by atoms with Crippen LogP contribution >= 0.6 is 0 Å². The van der Waals surface area contributed by atoms with Crippen molar-refractivity contribution in [2.75, 3.05) is 26.8 Å². The lowest BCUT2D eigenvalue weighted by molar-refractivity contribution is -0.134. The van der Waals surface area contributed by atoms with E-state index in [1.807, 2.05) is 46.1 Å². The third-order valence-corrected chi connectivity index (χ3v) is 4.39. The number of rotatable bonds is 6. The standard InChI is InChI=1S/C18H23N3O3/c1-23-16-5-2-3-6-17(16)24-14-18(22)20-11-7-15(8-12-20)13-21-10-4-9-19-21/h2-6,9-10,15H,7-8,11-14H2,1H3. The van der Waals surface area contributed by atoms with Crippen LogP contribution < -0.4 is 9.47 Å². The van der Waals surface area contributed by atoms with E-state index in [-0.39, 0.29) is 12.5 Å². The molecule has 0 N–H and O–H groups in total. The second-order valence-electron chi connectivity index (χ2n) is 5.99. The van der Waals surface area contributed by atoms with Crippen molar-refractivity contribution in [2.45, 2.75) is 19.4 Å². The van der Waals surface area contributed by atoms with E-state index in [2.05, 4.69) is 5.10 Å². The van der Waals surface area contributed by atoms with Gasteiger partial charge in [-0.15, -0.1) is 0 Å². The topological polar surface area (TPSA) is 56.6 Å². The smallest absolute Gasteiger partial charge is 0.260 e. The number of carbonyl (C=O) groups excluding carboxylic acids is 1. The third-order valence-electron chi connectivity index (χ3n) is 4.39. The summed E-state index contributed by atoms with van der Waals surface area (Å²) in [4.78, 5) is 14.2. The van der Waals surface area contributed by atoms with Gasteiger partial charge in [0.05, 0.1) is 7.11 Å². The zero-order chi connectivity index (χ0) is 16.8. The average molecular weight is 329 g/mol. The molecule has 0 atom stereocenters. The average Bonchev–Trinajstić information content (AvgIpc) is 3.13. The quantitative estimate of drug-likeness (QED) is 0.815. The summed E-state index contributed by atoms with van der Waals surface area (Å²) in [5.74, 6) is 1.84. The molecule has 6 heteroatoms. The number of hydrogen-bond donors (Lipinski definition) is 0. The Morgan fingerprint density at radius 2 is 1.96 bits per heavy atom. The minimum absolute atomic E-state index is 0.0263. The Bertz CT molecular complexity index is 649. The van der Waals surface area contributed by atoms with Crippen molar-refractivity contribution in [1.29, 1.82) is 0 Å². The SMILES string of the molecule is COc1ccccc1OCC(=O)N1CCC(Cn2cccn2)CC1. The van der Waals surface area contributed by atoms with Gasteiger partial charge in [0.15, 0.2) is 18.1 Å². The second-order valence-corrected chi connectivity index (χ2v) is 5.99. The van der Waals surface area contributed by atoms with Gasteiger partial charge in [0.25, 0.3) is 5.91 Å². The molecule has 1 saturated heterocycles. The molecule has 2 aromatic rings. The second kappa shape index (κ2) is 7.86. The molecule has 0 unspecified atom stereocenters. The Hall–Kier alpha value is -2.50. The van der Waals surface area contributed by atoms with Crippen LogP contribution in [0.4, 0.5) is 0 Å². The predicted molar refractivity (Wildman–Crippen MR) is 90.0 cm³/mol. The first-order valence-corrected chi connectivity index (χ1v) is 8.27. The largest absolute Gasteiger partial charge is 0.493 e. The number of para-hydroxylation sites is 2. The minimum atomic E-state index is 0.0263. The van der Waals surface area contributed by atoms with Gasteiger partial charge in [0, 0.05) is 32.0 Å². The van der Waals surface area contributed by atoms with E-state index in [4.69, 9.17) is 9.47 Å². The van der Waals surface area contributed by atoms with E-state index in [0.29, 0.717) is 17.4 Å². The molecule has 6 nitrogen and oxygen atoms in total. The van der Waals surface area contributed by atoms with Crippen LogP contribution in [0.2, 0.25) is 0 Å². The number of ether oxygens (including phenoxy) is 2. The van der Waals surface area contributed by atoms with Crippen molar-refractivity contribution in [3.8, 4) is 11.5 Å². The molecule has 1 amide bonds. The minimum Gasteiger partial charge on any atom is -0.493 e. The Balaban J connectivity index is 1.45. The molecule has 0 saturated carbocycles. The number of piperidine rings is 1. The maximum absolute atomic E-state index is 12.3. The summed E-state index contributed by atoms with van der Waals surface area (Å²) < 4.78 is 12.8. The summed E-state index contributed by atoms with van der Waals surface area (Å²) in [7, 11) is 1.59. The monoisotopic (exact) mass is 329 g/mol. The number of aromatic nitrogens is 2. The van der Waals surface area contributed by atoms with Crippen molar-refractivity contribution in [2.24, 2.45) is 5.92 Å². The molecule has 1 aromatic heterocycles. The van der Waals surface area contributed by atoms with Crippen molar-refractivity contribution in [1.82, 2.24) is 14.7 Å². The first-order chi connectivity index (χ1) is 11.8. The summed E-state index contributed by atoms with van der Waals surface area (Å²) in [5.41, 5.74) is 0. The van der Waals surface area contributed by atoms with Gasteiger partial charge in [-0.1, -0.05) is 12.1 Å². The summed E-state index contributed by atoms with van der Waals surface area (Å²) in [6.45, 7) is 2.52. The lowest BCUT2D eigenvalue weighted by atomic mass is 9.97. The fourth-order valence-electron chi connectivity index (χ4n) is 3.01. The highest BCUT2D eigenvalue weighted by atomic mass is 16.5. The zero-order valence-electron chi connectivity index (χ0n) is 13.9. The van der Waals surface area contributed by atoms with Gasteiger partial charge in [0.2, 0.25) is 0 Å². The number of carbonyl (C=O) groups is 1. The first kappa shape index (κ1) is 16.4. The lowest BCUT2D eigenvalue weighted by Gasteiger charge is -2.32. The summed E-state index contributed by atoms with van der Waals surface area (Å²) in [5, 5.41) is 4.25. The summed E-state index contributed by atoms with van der Waals surface area (Å²) in [6.07, 6.45) is 5.78. The first-order valence-electron chi connectivity index (χ1n) is 8.27. The molecular formula is C18H23N3O3. The number of methoxy groups -OCH3 is 1. The molecule has 1 aromatic carbocycles. The van der Waals surface area contributed by atoms with E-state index >= 15 is 0 Å². The van der Waals surface area contributed by atoms with Crippen LogP contribution in [-0.2, 0) is 11.3 Å². The molecule has 0 bridgehead atoms. The van der Waals surface area contributed by atoms with Crippen LogP contribution in [0, 0.1) is 5.92 Å². The highest BCUT2D eigenvalue weighted by molar-refractivity contribution is 5.78. The fourth-order valence-corrected chi connectivity index (χ4v) is 3.01. The molecule has 3 rings (SSSR count). The molecule has 0 aliphatic carbocycles. The zero-order valence-corrected chi connectivity index (χ0v) is 13.9. The maximum Gasteiger partial charge on any atom is 0.260 e. The third kappa shape index (κ3) is 4.07. The van der Waals surface area contributed by atoms with Gasteiger partial charge in [0.1, 0.15) is 0 Å². The molecule has 0 radical (unpaired) electrons. The van der Waals surface area contributed by atoms with E-state index in [9.17, 15) is 4.79 Å². The van der Waals surface area contributed by atoms with E-state index in [1.54, 1.807) is 13.3 Å². The van der Waals surface area contributed by atoms with Gasteiger partial charge in [-0.3, -0.25) is 9.48 Å². The summed E-state index contributed by atoms with van der Waals surface area (Å²) in [6, 6.07) is 9.30. The molecular weight excluding hydrogens is 306 g/mol. The van der Waals surface area contributed by atoms with Gasteiger partial charge in [-0.2, -0.15) is 5.10 Å². The number of amides is 1. The maximum atomic E-state index is 12.3. The van der Waals surface area contributed by atoms with Crippen LogP contribution in [0.3, 0.4) is 0 Å². The Morgan fingerprint density at radius 1 is 1.21 bits per heavy atom. The highest BCUT2D eigenvalue weighted by Crippen LogP contribution is 2.26. The number of benzene rings is 1. The molecule has 1 fully saturated rings. The van der Waals surface area contributed by atoms with Crippen LogP contribution in [0.15, 0.2) is 42.7 Å². The van der Waals surface area contributed by atoms with Gasteiger partial charge in [-0.25, -0.2) is 0 Å². The van der Waals surface area contributed by atoms with E-state index in [1.165, 1.54) is 0 Å². The van der Waals surface area contributed by atoms with Crippen LogP contribution in [-0.4, -0.2) is 47.4 Å². The van der Waals surface area contributed by atoms with Crippen LogP contribution in [0.5, 0.6) is 11.5 Å². The molecule has 1 aliphatic heterocycles. The Labute approximate surface area is 142 Å². The van der Waals surface area contributed by atoms with Gasteiger partial charge < -0.3 is 14.4 Å².